The highest BCUT2D eigenvalue weighted by molar-refractivity contribution is 9.10. The van der Waals surface area contributed by atoms with E-state index in [1.165, 1.54) is 0 Å². The smallest absolute Gasteiger partial charge is 0.238 e. The van der Waals surface area contributed by atoms with Gasteiger partial charge in [-0.1, -0.05) is 22.9 Å². The molecular weight excluding hydrogens is 294 g/mol. The van der Waals surface area contributed by atoms with Crippen LogP contribution in [0.2, 0.25) is 0 Å². The Labute approximate surface area is 116 Å². The molecule has 0 bridgehead atoms. The first-order valence-corrected chi connectivity index (χ1v) is 6.98. The number of amides is 1. The summed E-state index contributed by atoms with van der Waals surface area (Å²) in [6.07, 6.45) is 0. The summed E-state index contributed by atoms with van der Waals surface area (Å²) < 4.78 is 1.01. The molecule has 5 heteroatoms. The van der Waals surface area contributed by atoms with Crippen LogP contribution in [0.3, 0.4) is 0 Å². The largest absolute Gasteiger partial charge is 0.325 e. The van der Waals surface area contributed by atoms with E-state index >= 15 is 0 Å². The lowest BCUT2D eigenvalue weighted by Gasteiger charge is -2.37. The van der Waals surface area contributed by atoms with Crippen LogP contribution in [0.4, 0.5) is 5.69 Å². The quantitative estimate of drug-likeness (QED) is 0.869. The molecule has 4 nitrogen and oxygen atoms in total. The van der Waals surface area contributed by atoms with Crippen molar-refractivity contribution in [1.82, 2.24) is 10.2 Å². The van der Waals surface area contributed by atoms with E-state index in [2.05, 4.69) is 38.4 Å². The molecule has 1 aromatic carbocycles. The van der Waals surface area contributed by atoms with Crippen LogP contribution in [-0.4, -0.2) is 43.0 Å². The molecule has 1 saturated heterocycles. The van der Waals surface area contributed by atoms with Crippen molar-refractivity contribution in [3.63, 3.8) is 0 Å². The predicted octanol–water partition coefficient (Wildman–Crippen LogP) is 1.68. The van der Waals surface area contributed by atoms with Crippen molar-refractivity contribution in [2.45, 2.75) is 13.0 Å². The van der Waals surface area contributed by atoms with Crippen LogP contribution >= 0.6 is 15.9 Å². The molecule has 0 radical (unpaired) electrons. The highest BCUT2D eigenvalue weighted by Gasteiger charge is 2.24. The third-order valence-corrected chi connectivity index (χ3v) is 3.69. The van der Waals surface area contributed by atoms with Gasteiger partial charge in [0.1, 0.15) is 0 Å². The Hall–Kier alpha value is -0.910. The maximum absolute atomic E-state index is 11.9. The van der Waals surface area contributed by atoms with E-state index in [1.807, 2.05) is 24.3 Å². The van der Waals surface area contributed by atoms with Gasteiger partial charge >= 0.3 is 0 Å². The van der Waals surface area contributed by atoms with Gasteiger partial charge in [0.2, 0.25) is 5.91 Å². The Morgan fingerprint density at radius 1 is 1.44 bits per heavy atom. The normalized spacial score (nSPS) is 15.5. The Kier molecular flexibility index (Phi) is 4.74. The Morgan fingerprint density at radius 3 is 2.61 bits per heavy atom. The van der Waals surface area contributed by atoms with Crippen LogP contribution in [0.1, 0.15) is 6.92 Å². The molecule has 0 saturated carbocycles. The minimum Gasteiger partial charge on any atom is -0.325 e. The molecule has 98 valence electrons. The Balaban J connectivity index is 1.85. The molecule has 2 N–H and O–H groups in total. The molecule has 1 heterocycles. The molecule has 1 aromatic rings. The fraction of sp³-hybridized carbons (Fsp3) is 0.462. The summed E-state index contributed by atoms with van der Waals surface area (Å²) in [4.78, 5) is 14.1. The number of hydrogen-bond donors (Lipinski definition) is 2. The van der Waals surface area contributed by atoms with Crippen LogP contribution in [0, 0.1) is 0 Å². The van der Waals surface area contributed by atoms with Gasteiger partial charge in [0.05, 0.1) is 6.54 Å². The van der Waals surface area contributed by atoms with E-state index in [-0.39, 0.29) is 5.91 Å². The molecular formula is C13H18BrN3O. The first-order chi connectivity index (χ1) is 8.69. The zero-order chi connectivity index (χ0) is 13.0. The lowest BCUT2D eigenvalue weighted by Crippen LogP contribution is -2.58. The summed E-state index contributed by atoms with van der Waals surface area (Å²) in [5.74, 6) is 0.0473. The van der Waals surface area contributed by atoms with Crippen LogP contribution in [0.25, 0.3) is 0 Å². The SMILES string of the molecule is CCN(CC(=O)Nc1ccc(Br)cc1)C1CNC1. The summed E-state index contributed by atoms with van der Waals surface area (Å²) >= 11 is 3.37. The molecule has 1 fully saturated rings. The predicted molar refractivity (Wildman–Crippen MR) is 76.7 cm³/mol. The van der Waals surface area contributed by atoms with Crippen LogP contribution in [-0.2, 0) is 4.79 Å². The molecule has 0 aliphatic carbocycles. The number of benzene rings is 1. The highest BCUT2D eigenvalue weighted by Crippen LogP contribution is 2.14. The standard InChI is InChI=1S/C13H18BrN3O/c1-2-17(12-7-15-8-12)9-13(18)16-11-5-3-10(14)4-6-11/h3-6,12,15H,2,7-9H2,1H3,(H,16,18). The van der Waals surface area contributed by atoms with Gasteiger partial charge in [-0.05, 0) is 30.8 Å². The second-order valence-corrected chi connectivity index (χ2v) is 5.35. The maximum atomic E-state index is 11.9. The van der Waals surface area contributed by atoms with Crippen LogP contribution in [0.5, 0.6) is 0 Å². The molecule has 0 spiro atoms. The molecule has 1 amide bonds. The molecule has 0 aromatic heterocycles. The lowest BCUT2D eigenvalue weighted by molar-refractivity contribution is -0.118. The molecule has 1 aliphatic heterocycles. The minimum atomic E-state index is 0.0473. The topological polar surface area (TPSA) is 44.4 Å². The zero-order valence-electron chi connectivity index (χ0n) is 10.4. The number of carbonyl (C=O) groups is 1. The van der Waals surface area contributed by atoms with Crippen molar-refractivity contribution in [2.24, 2.45) is 0 Å². The molecule has 2 rings (SSSR count). The van der Waals surface area contributed by atoms with E-state index in [0.717, 1.165) is 29.8 Å². The number of nitrogens with one attached hydrogen (secondary N) is 2. The second kappa shape index (κ2) is 6.31. The lowest BCUT2D eigenvalue weighted by atomic mass is 10.1. The maximum Gasteiger partial charge on any atom is 0.238 e. The molecule has 0 atom stereocenters. The van der Waals surface area contributed by atoms with E-state index in [4.69, 9.17) is 0 Å². The van der Waals surface area contributed by atoms with Crippen LogP contribution in [0.15, 0.2) is 28.7 Å². The van der Waals surface area contributed by atoms with Crippen molar-refractivity contribution in [1.29, 1.82) is 0 Å². The summed E-state index contributed by atoms with van der Waals surface area (Å²) in [5, 5.41) is 6.14. The first-order valence-electron chi connectivity index (χ1n) is 6.19. The highest BCUT2D eigenvalue weighted by atomic mass is 79.9. The van der Waals surface area contributed by atoms with E-state index in [0.29, 0.717) is 12.6 Å². The number of halogens is 1. The summed E-state index contributed by atoms with van der Waals surface area (Å²) in [5.41, 5.74) is 0.839. The summed E-state index contributed by atoms with van der Waals surface area (Å²) in [7, 11) is 0. The van der Waals surface area contributed by atoms with Crippen molar-refractivity contribution >= 4 is 27.5 Å². The zero-order valence-corrected chi connectivity index (χ0v) is 12.0. The number of carbonyl (C=O) groups excluding carboxylic acids is 1. The third-order valence-electron chi connectivity index (χ3n) is 3.16. The van der Waals surface area contributed by atoms with Crippen LogP contribution < -0.4 is 10.6 Å². The fourth-order valence-corrected chi connectivity index (χ4v) is 2.21. The summed E-state index contributed by atoms with van der Waals surface area (Å²) in [6, 6.07) is 8.13. The number of rotatable bonds is 5. The van der Waals surface area contributed by atoms with E-state index in [9.17, 15) is 4.79 Å². The third kappa shape index (κ3) is 3.54. The van der Waals surface area contributed by atoms with Crippen molar-refractivity contribution in [3.05, 3.63) is 28.7 Å². The van der Waals surface area contributed by atoms with E-state index in [1.54, 1.807) is 0 Å². The van der Waals surface area contributed by atoms with Gasteiger partial charge in [0.15, 0.2) is 0 Å². The first kappa shape index (κ1) is 13.5. The second-order valence-electron chi connectivity index (χ2n) is 4.43. The number of likely N-dealkylation sites (N-methyl/N-ethyl adjacent to an activating group) is 1. The van der Waals surface area contributed by atoms with Gasteiger partial charge in [0.25, 0.3) is 0 Å². The van der Waals surface area contributed by atoms with Gasteiger partial charge in [0, 0.05) is 29.3 Å². The fourth-order valence-electron chi connectivity index (χ4n) is 1.95. The van der Waals surface area contributed by atoms with Crippen molar-refractivity contribution < 1.29 is 4.79 Å². The van der Waals surface area contributed by atoms with Gasteiger partial charge in [-0.15, -0.1) is 0 Å². The monoisotopic (exact) mass is 311 g/mol. The molecule has 1 aliphatic rings. The number of anilines is 1. The van der Waals surface area contributed by atoms with Gasteiger partial charge in [-0.3, -0.25) is 9.69 Å². The van der Waals surface area contributed by atoms with E-state index < -0.39 is 0 Å². The number of hydrogen-bond acceptors (Lipinski definition) is 3. The minimum absolute atomic E-state index is 0.0473. The Bertz CT molecular complexity index is 403. The average Bonchev–Trinajstić information content (AvgIpc) is 2.29. The number of nitrogens with zero attached hydrogens (tertiary/aromatic N) is 1. The molecule has 18 heavy (non-hydrogen) atoms. The Morgan fingerprint density at radius 2 is 2.11 bits per heavy atom. The van der Waals surface area contributed by atoms with Crippen molar-refractivity contribution in [2.75, 3.05) is 31.5 Å². The van der Waals surface area contributed by atoms with Gasteiger partial charge in [-0.2, -0.15) is 0 Å². The van der Waals surface area contributed by atoms with Gasteiger partial charge in [-0.25, -0.2) is 0 Å². The summed E-state index contributed by atoms with van der Waals surface area (Å²) in [6.45, 7) is 5.42. The van der Waals surface area contributed by atoms with Gasteiger partial charge < -0.3 is 10.6 Å². The van der Waals surface area contributed by atoms with Crippen molar-refractivity contribution in [3.8, 4) is 0 Å². The molecule has 0 unspecified atom stereocenters. The average molecular weight is 312 g/mol.